The highest BCUT2D eigenvalue weighted by atomic mass is 32.2. The predicted octanol–water partition coefficient (Wildman–Crippen LogP) is 2.82. The molecule has 0 saturated carbocycles. The van der Waals surface area contributed by atoms with Gasteiger partial charge in [-0.1, -0.05) is 78.9 Å². The molecule has 0 radical (unpaired) electrons. The van der Waals surface area contributed by atoms with E-state index in [4.69, 9.17) is 32.6 Å². The van der Waals surface area contributed by atoms with Crippen molar-refractivity contribution in [3.05, 3.63) is 176 Å². The molecule has 0 saturated heterocycles. The summed E-state index contributed by atoms with van der Waals surface area (Å²) in [6.45, 7) is -1.39. The maximum absolute atomic E-state index is 13.8. The SMILES string of the molecule is CS(=O)(=O)O[C@@H]1[C@@H](NS(=O)(=O)c2ccccc2[N+](=O)[O-])C=CO[C@@H]1CO[C@@H]1C=C[C@H](NS(=O)(=O)c2ccccc2[N+](=O)[O-])[C@@H](CO[C@@H]2C=C[C@H](NS(=O)(=O)c3ccccc3[N+](=O)[O-])[C@@H](COCc3ccccc3)O2)O1. The van der Waals surface area contributed by atoms with Gasteiger partial charge in [0.2, 0.25) is 30.1 Å². The second-order valence-corrected chi connectivity index (χ2v) is 23.1. The van der Waals surface area contributed by atoms with Crippen LogP contribution in [0.25, 0.3) is 0 Å². The molecule has 0 amide bonds. The summed E-state index contributed by atoms with van der Waals surface area (Å²) in [7, 11) is -18.4. The molecule has 0 aliphatic carbocycles. The highest BCUT2D eigenvalue weighted by Crippen LogP contribution is 2.30. The summed E-state index contributed by atoms with van der Waals surface area (Å²) < 4.78 is 155. The first kappa shape index (κ1) is 56.3. The molecule has 3 N–H and O–H groups in total. The quantitative estimate of drug-likeness (QED) is 0.0393. The van der Waals surface area contributed by atoms with Gasteiger partial charge >= 0.3 is 0 Å². The largest absolute Gasteiger partial charge is 0.493 e. The zero-order chi connectivity index (χ0) is 54.1. The number of rotatable bonds is 24. The van der Waals surface area contributed by atoms with Crippen LogP contribution in [0.5, 0.6) is 0 Å². The van der Waals surface area contributed by atoms with E-state index in [1.54, 1.807) is 30.3 Å². The van der Waals surface area contributed by atoms with Crippen molar-refractivity contribution in [3.8, 4) is 0 Å². The Morgan fingerprint density at radius 1 is 0.507 bits per heavy atom. The minimum Gasteiger partial charge on any atom is -0.493 e. The van der Waals surface area contributed by atoms with E-state index in [0.29, 0.717) is 6.26 Å². The van der Waals surface area contributed by atoms with Gasteiger partial charge in [-0.05, 0) is 42.0 Å². The van der Waals surface area contributed by atoms with E-state index in [2.05, 4.69) is 14.2 Å². The van der Waals surface area contributed by atoms with Gasteiger partial charge in [-0.3, -0.25) is 34.5 Å². The Balaban J connectivity index is 1.12. The maximum atomic E-state index is 13.8. The molecule has 3 aliphatic rings. The Kier molecular flexibility index (Phi) is 18.0. The highest BCUT2D eigenvalue weighted by molar-refractivity contribution is 7.90. The van der Waals surface area contributed by atoms with Gasteiger partial charge in [0.1, 0.15) is 18.3 Å². The van der Waals surface area contributed by atoms with E-state index < -0.39 is 155 Å². The number of hydrogen-bond acceptors (Lipinski definition) is 21. The van der Waals surface area contributed by atoms with Gasteiger partial charge in [-0.15, -0.1) is 0 Å². The number of sulfonamides is 3. The zero-order valence-corrected chi connectivity index (χ0v) is 42.1. The first-order chi connectivity index (χ1) is 35.5. The summed E-state index contributed by atoms with van der Waals surface area (Å²) in [5.41, 5.74) is -1.44. The summed E-state index contributed by atoms with van der Waals surface area (Å²) in [6.07, 6.45) is -0.510. The highest BCUT2D eigenvalue weighted by Gasteiger charge is 2.42. The molecule has 0 fully saturated rings. The van der Waals surface area contributed by atoms with Gasteiger partial charge in [-0.2, -0.15) is 8.42 Å². The molecular weight excluding hydrogens is 1080 g/mol. The van der Waals surface area contributed by atoms with E-state index in [0.717, 1.165) is 54.3 Å². The monoisotopic (exact) mass is 1120 g/mol. The number of hydrogen-bond donors (Lipinski definition) is 3. The Morgan fingerprint density at radius 3 is 1.35 bits per heavy atom. The van der Waals surface area contributed by atoms with Crippen molar-refractivity contribution in [2.45, 2.75) is 76.4 Å². The number of nitro benzene ring substituents is 3. The molecule has 31 heteroatoms. The van der Waals surface area contributed by atoms with Crippen LogP contribution in [-0.2, 0) is 79.4 Å². The maximum Gasteiger partial charge on any atom is 0.289 e. The van der Waals surface area contributed by atoms with E-state index in [9.17, 15) is 64.0 Å². The number of para-hydroxylation sites is 3. The molecule has 4 aromatic rings. The van der Waals surface area contributed by atoms with Gasteiger partial charge in [0.05, 0.1) is 71.8 Å². The molecule has 9 atom stereocenters. The Labute approximate surface area is 428 Å². The van der Waals surface area contributed by atoms with Gasteiger partial charge in [0, 0.05) is 18.2 Å². The number of benzene rings is 4. The lowest BCUT2D eigenvalue weighted by molar-refractivity contribution is -0.388. The number of ether oxygens (including phenoxy) is 6. The average molecular weight is 1120 g/mol. The fourth-order valence-corrected chi connectivity index (χ4v) is 12.5. The molecule has 27 nitrogen and oxygen atoms in total. The van der Waals surface area contributed by atoms with Gasteiger partial charge in [-0.25, -0.2) is 39.4 Å². The van der Waals surface area contributed by atoms with Crippen molar-refractivity contribution in [2.75, 3.05) is 26.1 Å². The third kappa shape index (κ3) is 14.7. The van der Waals surface area contributed by atoms with Crippen LogP contribution in [0.4, 0.5) is 17.1 Å². The molecule has 0 unspecified atom stereocenters. The lowest BCUT2D eigenvalue weighted by Crippen LogP contribution is -2.54. The van der Waals surface area contributed by atoms with Crippen LogP contribution in [0.15, 0.2) is 154 Å². The summed E-state index contributed by atoms with van der Waals surface area (Å²) in [5, 5.41) is 35.3. The molecule has 0 aromatic heterocycles. The number of nitro groups is 3. The van der Waals surface area contributed by atoms with Gasteiger partial charge in [0.25, 0.3) is 27.2 Å². The summed E-state index contributed by atoms with van der Waals surface area (Å²) in [5.74, 6) is 0. The third-order valence-electron chi connectivity index (χ3n) is 11.1. The summed E-state index contributed by atoms with van der Waals surface area (Å²) in [4.78, 5) is 30.6. The van der Waals surface area contributed by atoms with Crippen LogP contribution >= 0.6 is 0 Å². The first-order valence-electron chi connectivity index (χ1n) is 22.0. The lowest BCUT2D eigenvalue weighted by Gasteiger charge is -2.37. The second kappa shape index (κ2) is 24.0. The normalized spacial score (nSPS) is 24.0. The molecular formula is C44H46N6O21S4. The van der Waals surface area contributed by atoms with E-state index in [-0.39, 0.29) is 13.2 Å². The third-order valence-corrected chi connectivity index (χ3v) is 16.2. The van der Waals surface area contributed by atoms with Crippen LogP contribution in [-0.4, -0.2) is 130 Å². The Morgan fingerprint density at radius 2 is 0.907 bits per heavy atom. The summed E-state index contributed by atoms with van der Waals surface area (Å²) >= 11 is 0. The van der Waals surface area contributed by atoms with Crippen LogP contribution in [0.2, 0.25) is 0 Å². The topological polar surface area (TPSA) is 367 Å². The Hall–Kier alpha value is -6.46. The fraction of sp³-hybridized carbons (Fsp3) is 0.318. The van der Waals surface area contributed by atoms with Crippen molar-refractivity contribution in [3.63, 3.8) is 0 Å². The van der Waals surface area contributed by atoms with Crippen LogP contribution < -0.4 is 14.2 Å². The van der Waals surface area contributed by atoms with Crippen LogP contribution in [0.3, 0.4) is 0 Å². The van der Waals surface area contributed by atoms with Crippen molar-refractivity contribution in [2.24, 2.45) is 0 Å². The Bertz CT molecular complexity index is 3290. The van der Waals surface area contributed by atoms with Crippen molar-refractivity contribution < 1.29 is 81.0 Å². The molecule has 3 heterocycles. The number of nitrogens with one attached hydrogen (secondary N) is 3. The van der Waals surface area contributed by atoms with E-state index in [1.807, 2.05) is 0 Å². The smallest absolute Gasteiger partial charge is 0.289 e. The fourth-order valence-electron chi connectivity index (χ4n) is 7.67. The summed E-state index contributed by atoms with van der Waals surface area (Å²) in [6, 6.07) is 18.5. The minimum atomic E-state index is -4.73. The van der Waals surface area contributed by atoms with E-state index in [1.165, 1.54) is 60.7 Å². The lowest BCUT2D eigenvalue weighted by atomic mass is 10.1. The minimum absolute atomic E-state index is 0.0582. The molecule has 75 heavy (non-hydrogen) atoms. The van der Waals surface area contributed by atoms with Gasteiger partial charge in [0.15, 0.2) is 33.4 Å². The van der Waals surface area contributed by atoms with Crippen molar-refractivity contribution >= 4 is 57.3 Å². The first-order valence-corrected chi connectivity index (χ1v) is 28.3. The molecule has 3 aliphatic heterocycles. The van der Waals surface area contributed by atoms with Crippen molar-refractivity contribution in [1.29, 1.82) is 0 Å². The van der Waals surface area contributed by atoms with Gasteiger partial charge < -0.3 is 28.4 Å². The van der Waals surface area contributed by atoms with E-state index >= 15 is 0 Å². The molecule has 0 bridgehead atoms. The standard InChI is InChI=1S/C44H46N6O21S4/c1-72(57,58)71-44-32(47-75(63,64)41-18-10-7-15-35(41)50(55)56)23-24-66-38(44)28-68-43-22-20-31(46-74(61,62)40-17-9-6-14-34(40)49(53)54)37(70-43)27-67-42-21-19-30(36(69-42)26-65-25-29-11-3-2-4-12-29)45-73(59,60)39-16-8-5-13-33(39)48(51)52/h2-24,30-32,36-38,42-47H,25-28H2,1H3/t30-,31-,32-,36+,37+,38+,42-,43-,44+/m0/s1. The molecule has 4 aromatic carbocycles. The molecule has 7 rings (SSSR count). The zero-order valence-electron chi connectivity index (χ0n) is 38.9. The van der Waals surface area contributed by atoms with Crippen LogP contribution in [0.1, 0.15) is 5.56 Å². The van der Waals surface area contributed by atoms with Crippen molar-refractivity contribution in [1.82, 2.24) is 14.2 Å². The predicted molar refractivity (Wildman–Crippen MR) is 259 cm³/mol. The average Bonchev–Trinajstić information content (AvgIpc) is 3.36. The molecule has 402 valence electrons. The second-order valence-electron chi connectivity index (χ2n) is 16.4. The van der Waals surface area contributed by atoms with Crippen LogP contribution in [0, 0.1) is 30.3 Å². The molecule has 0 spiro atoms. The number of nitrogens with zero attached hydrogens (tertiary/aromatic N) is 3.